The quantitative estimate of drug-likeness (QED) is 0.914. The van der Waals surface area contributed by atoms with Gasteiger partial charge in [0, 0.05) is 12.1 Å². The van der Waals surface area contributed by atoms with E-state index in [4.69, 9.17) is 4.74 Å². The van der Waals surface area contributed by atoms with E-state index in [2.05, 4.69) is 5.32 Å². The van der Waals surface area contributed by atoms with Gasteiger partial charge in [0.25, 0.3) is 0 Å². The third-order valence-electron chi connectivity index (χ3n) is 4.61. The molecule has 2 aliphatic rings. The average Bonchev–Trinajstić information content (AvgIpc) is 2.49. The number of rotatable bonds is 3. The van der Waals surface area contributed by atoms with E-state index in [0.717, 1.165) is 32.1 Å². The van der Waals surface area contributed by atoms with Crippen LogP contribution in [-0.4, -0.2) is 17.3 Å². The molecular weight excluding hydrogens is 278 g/mol. The van der Waals surface area contributed by atoms with E-state index in [1.807, 2.05) is 19.1 Å². The maximum Gasteiger partial charge on any atom is 0.224 e. The maximum atomic E-state index is 12.5. The van der Waals surface area contributed by atoms with Crippen LogP contribution in [0.5, 0.6) is 5.75 Å². The average molecular weight is 301 g/mol. The molecule has 0 saturated heterocycles. The van der Waals surface area contributed by atoms with Crippen molar-refractivity contribution in [3.8, 4) is 5.75 Å². The molecule has 1 N–H and O–H groups in total. The highest BCUT2D eigenvalue weighted by molar-refractivity contribution is 6.02. The molecule has 0 aromatic heterocycles. The topological polar surface area (TPSA) is 55.4 Å². The smallest absolute Gasteiger partial charge is 0.224 e. The number of Topliss-reactive ketones (excluding diaryl/α,β-unsaturated/α-hetero) is 1. The Morgan fingerprint density at radius 3 is 2.77 bits per heavy atom. The van der Waals surface area contributed by atoms with E-state index in [9.17, 15) is 9.59 Å². The minimum atomic E-state index is -0.282. The van der Waals surface area contributed by atoms with Crippen LogP contribution in [0, 0.1) is 0 Å². The Balaban J connectivity index is 1.80. The molecule has 1 aromatic carbocycles. The molecule has 22 heavy (non-hydrogen) atoms. The third kappa shape index (κ3) is 3.01. The van der Waals surface area contributed by atoms with Crippen LogP contribution in [0.1, 0.15) is 68.6 Å². The van der Waals surface area contributed by atoms with Crippen molar-refractivity contribution in [2.24, 2.45) is 0 Å². The minimum absolute atomic E-state index is 0.0182. The third-order valence-corrected chi connectivity index (χ3v) is 4.61. The maximum absolute atomic E-state index is 12.5. The van der Waals surface area contributed by atoms with Crippen LogP contribution < -0.4 is 10.1 Å². The number of carbonyl (C=O) groups is 2. The Morgan fingerprint density at radius 1 is 1.27 bits per heavy atom. The number of carbonyl (C=O) groups excluding carboxylic acids is 2. The molecule has 4 nitrogen and oxygen atoms in total. The highest BCUT2D eigenvalue weighted by atomic mass is 16.5. The molecule has 0 bridgehead atoms. The van der Waals surface area contributed by atoms with Gasteiger partial charge < -0.3 is 10.1 Å². The van der Waals surface area contributed by atoms with Crippen molar-refractivity contribution in [2.45, 2.75) is 63.9 Å². The predicted octanol–water partition coefficient (Wildman–Crippen LogP) is 4.09. The Kier molecular flexibility index (Phi) is 4.19. The number of anilines is 1. The molecule has 3 rings (SSSR count). The molecule has 1 spiro atoms. The van der Waals surface area contributed by atoms with Gasteiger partial charge in [0.2, 0.25) is 5.91 Å². The number of hydrogen-bond acceptors (Lipinski definition) is 3. The molecule has 0 unspecified atom stereocenters. The van der Waals surface area contributed by atoms with Crippen LogP contribution in [0.4, 0.5) is 5.69 Å². The summed E-state index contributed by atoms with van der Waals surface area (Å²) in [5, 5.41) is 2.84. The van der Waals surface area contributed by atoms with Gasteiger partial charge in [-0.2, -0.15) is 0 Å². The number of ether oxygens (including phenoxy) is 1. The summed E-state index contributed by atoms with van der Waals surface area (Å²) in [5.41, 5.74) is 0.995. The summed E-state index contributed by atoms with van der Waals surface area (Å²) in [4.78, 5) is 24.2. The molecule has 1 heterocycles. The van der Waals surface area contributed by atoms with Crippen LogP contribution in [0.3, 0.4) is 0 Å². The van der Waals surface area contributed by atoms with Crippen molar-refractivity contribution in [1.29, 1.82) is 0 Å². The van der Waals surface area contributed by atoms with Crippen LogP contribution in [0.2, 0.25) is 0 Å². The van der Waals surface area contributed by atoms with Gasteiger partial charge in [0.1, 0.15) is 11.4 Å². The first-order valence-corrected chi connectivity index (χ1v) is 8.28. The zero-order valence-electron chi connectivity index (χ0n) is 13.1. The molecule has 118 valence electrons. The van der Waals surface area contributed by atoms with E-state index in [1.54, 1.807) is 6.07 Å². The van der Waals surface area contributed by atoms with E-state index in [0.29, 0.717) is 29.8 Å². The van der Waals surface area contributed by atoms with E-state index in [-0.39, 0.29) is 17.3 Å². The van der Waals surface area contributed by atoms with E-state index < -0.39 is 0 Å². The SMILES string of the molecule is CCCC(=O)Nc1ccc2c(c1)C(=O)CC1(CCCCC1)O2. The summed E-state index contributed by atoms with van der Waals surface area (Å²) in [7, 11) is 0. The molecule has 1 fully saturated rings. The summed E-state index contributed by atoms with van der Waals surface area (Å²) in [6.07, 6.45) is 7.19. The number of amides is 1. The number of fused-ring (bicyclic) bond motifs is 1. The van der Waals surface area contributed by atoms with Gasteiger partial charge in [-0.15, -0.1) is 0 Å². The second-order valence-electron chi connectivity index (χ2n) is 6.45. The summed E-state index contributed by atoms with van der Waals surface area (Å²) in [6, 6.07) is 5.40. The van der Waals surface area contributed by atoms with Crippen LogP contribution in [-0.2, 0) is 4.79 Å². The van der Waals surface area contributed by atoms with Crippen molar-refractivity contribution in [3.05, 3.63) is 23.8 Å². The van der Waals surface area contributed by atoms with Gasteiger partial charge in [-0.3, -0.25) is 9.59 Å². The fourth-order valence-corrected chi connectivity index (χ4v) is 3.50. The van der Waals surface area contributed by atoms with E-state index in [1.165, 1.54) is 6.42 Å². The summed E-state index contributed by atoms with van der Waals surface area (Å²) < 4.78 is 6.20. The molecule has 1 aliphatic heterocycles. The van der Waals surface area contributed by atoms with Gasteiger partial charge in [-0.1, -0.05) is 13.3 Å². The number of ketones is 1. The second kappa shape index (κ2) is 6.11. The number of hydrogen-bond donors (Lipinski definition) is 1. The van der Waals surface area contributed by atoms with Crippen LogP contribution >= 0.6 is 0 Å². The first-order chi connectivity index (χ1) is 10.6. The van der Waals surface area contributed by atoms with Gasteiger partial charge >= 0.3 is 0 Å². The van der Waals surface area contributed by atoms with Gasteiger partial charge in [0.15, 0.2) is 5.78 Å². The zero-order chi connectivity index (χ0) is 15.6. The highest BCUT2D eigenvalue weighted by Crippen LogP contribution is 2.42. The molecule has 1 aromatic rings. The van der Waals surface area contributed by atoms with Crippen molar-refractivity contribution in [2.75, 3.05) is 5.32 Å². The lowest BCUT2D eigenvalue weighted by Crippen LogP contribution is -2.43. The Labute approximate surface area is 131 Å². The molecule has 1 aliphatic carbocycles. The first kappa shape index (κ1) is 15.1. The lowest BCUT2D eigenvalue weighted by atomic mass is 9.78. The number of benzene rings is 1. The minimum Gasteiger partial charge on any atom is -0.486 e. The molecule has 0 radical (unpaired) electrons. The van der Waals surface area contributed by atoms with Crippen molar-refractivity contribution < 1.29 is 14.3 Å². The molecule has 4 heteroatoms. The highest BCUT2D eigenvalue weighted by Gasteiger charge is 2.41. The van der Waals surface area contributed by atoms with Crippen molar-refractivity contribution >= 4 is 17.4 Å². The Hall–Kier alpha value is -1.84. The molecular formula is C18H23NO3. The monoisotopic (exact) mass is 301 g/mol. The molecule has 1 amide bonds. The van der Waals surface area contributed by atoms with Gasteiger partial charge in [0.05, 0.1) is 12.0 Å². The normalized spacial score (nSPS) is 19.4. The lowest BCUT2D eigenvalue weighted by molar-refractivity contribution is -0.116. The second-order valence-corrected chi connectivity index (χ2v) is 6.45. The van der Waals surface area contributed by atoms with Crippen LogP contribution in [0.15, 0.2) is 18.2 Å². The standard InChI is InChI=1S/C18H23NO3/c1-2-6-17(21)19-13-7-8-16-14(11-13)15(20)12-18(22-16)9-4-3-5-10-18/h7-8,11H,2-6,9-10,12H2,1H3,(H,19,21). The van der Waals surface area contributed by atoms with Crippen molar-refractivity contribution in [3.63, 3.8) is 0 Å². The fourth-order valence-electron chi connectivity index (χ4n) is 3.50. The van der Waals surface area contributed by atoms with Crippen LogP contribution in [0.25, 0.3) is 0 Å². The van der Waals surface area contributed by atoms with Crippen molar-refractivity contribution in [1.82, 2.24) is 0 Å². The fraction of sp³-hybridized carbons (Fsp3) is 0.556. The first-order valence-electron chi connectivity index (χ1n) is 8.28. The van der Waals surface area contributed by atoms with E-state index >= 15 is 0 Å². The Bertz CT molecular complexity index is 588. The van der Waals surface area contributed by atoms with Gasteiger partial charge in [-0.05, 0) is 50.3 Å². The summed E-state index contributed by atoms with van der Waals surface area (Å²) in [5.74, 6) is 0.789. The predicted molar refractivity (Wildman–Crippen MR) is 85.4 cm³/mol. The zero-order valence-corrected chi connectivity index (χ0v) is 13.1. The largest absolute Gasteiger partial charge is 0.486 e. The Morgan fingerprint density at radius 2 is 2.05 bits per heavy atom. The van der Waals surface area contributed by atoms with Gasteiger partial charge in [-0.25, -0.2) is 0 Å². The molecule has 1 saturated carbocycles. The number of nitrogens with one attached hydrogen (secondary N) is 1. The summed E-state index contributed by atoms with van der Waals surface area (Å²) in [6.45, 7) is 1.97. The lowest BCUT2D eigenvalue weighted by Gasteiger charge is -2.40. The molecule has 0 atom stereocenters. The summed E-state index contributed by atoms with van der Waals surface area (Å²) >= 11 is 0.